The highest BCUT2D eigenvalue weighted by Crippen LogP contribution is 2.32. The standard InChI is InChI=1S/C27H34N4O2/c1-4-20-13-15-22(16-14-20)28-25-23-11-7-8-12-24(23)31(27(25)33)19-29-17-9-10-21(18-29)26(32)30(5-2)6-3/h7-8,11-16,21H,4-6,9-10,17-19H2,1-3H3. The normalized spacial score (nSPS) is 19.7. The van der Waals surface area contributed by atoms with Crippen molar-refractivity contribution < 1.29 is 9.59 Å². The predicted molar refractivity (Wildman–Crippen MR) is 133 cm³/mol. The monoisotopic (exact) mass is 446 g/mol. The molecule has 0 saturated carbocycles. The minimum atomic E-state index is -0.0760. The van der Waals surface area contributed by atoms with Crippen LogP contribution in [0.1, 0.15) is 44.7 Å². The third-order valence-electron chi connectivity index (χ3n) is 6.75. The molecule has 6 heteroatoms. The maximum Gasteiger partial charge on any atom is 0.278 e. The van der Waals surface area contributed by atoms with Crippen LogP contribution in [-0.4, -0.2) is 60.2 Å². The van der Waals surface area contributed by atoms with Gasteiger partial charge in [0.05, 0.1) is 24.0 Å². The Morgan fingerprint density at radius 3 is 2.48 bits per heavy atom. The number of likely N-dealkylation sites (tertiary alicyclic amines) is 1. The third-order valence-corrected chi connectivity index (χ3v) is 6.75. The van der Waals surface area contributed by atoms with Gasteiger partial charge in [-0.05, 0) is 63.4 Å². The number of aliphatic imine (C=N–C) groups is 1. The van der Waals surface area contributed by atoms with Crippen LogP contribution in [0.25, 0.3) is 0 Å². The van der Waals surface area contributed by atoms with E-state index in [4.69, 9.17) is 4.99 Å². The number of para-hydroxylation sites is 1. The summed E-state index contributed by atoms with van der Waals surface area (Å²) in [6.07, 6.45) is 2.85. The van der Waals surface area contributed by atoms with Crippen molar-refractivity contribution in [2.75, 3.05) is 37.7 Å². The topological polar surface area (TPSA) is 56.2 Å². The molecule has 33 heavy (non-hydrogen) atoms. The number of carbonyl (C=O) groups is 2. The molecule has 1 unspecified atom stereocenters. The second-order valence-corrected chi connectivity index (χ2v) is 8.80. The Hall–Kier alpha value is -2.99. The van der Waals surface area contributed by atoms with Crippen LogP contribution >= 0.6 is 0 Å². The number of fused-ring (bicyclic) bond motifs is 1. The van der Waals surface area contributed by atoms with Gasteiger partial charge in [-0.3, -0.25) is 19.4 Å². The number of hydrogen-bond donors (Lipinski definition) is 0. The summed E-state index contributed by atoms with van der Waals surface area (Å²) < 4.78 is 0. The Bertz CT molecular complexity index is 1030. The SMILES string of the molecule is CCc1ccc(N=C2C(=O)N(CN3CCCC(C(=O)N(CC)CC)C3)c3ccccc32)cc1. The van der Waals surface area contributed by atoms with E-state index in [0.717, 1.165) is 55.8 Å². The van der Waals surface area contributed by atoms with Gasteiger partial charge in [-0.15, -0.1) is 0 Å². The Morgan fingerprint density at radius 1 is 1.06 bits per heavy atom. The number of benzene rings is 2. The summed E-state index contributed by atoms with van der Waals surface area (Å²) in [7, 11) is 0. The van der Waals surface area contributed by atoms with Crippen LogP contribution in [0, 0.1) is 5.92 Å². The maximum atomic E-state index is 13.5. The smallest absolute Gasteiger partial charge is 0.278 e. The van der Waals surface area contributed by atoms with Gasteiger partial charge in [0.15, 0.2) is 0 Å². The molecule has 0 spiro atoms. The van der Waals surface area contributed by atoms with Crippen molar-refractivity contribution in [3.63, 3.8) is 0 Å². The second kappa shape index (κ2) is 10.3. The molecule has 2 aliphatic heterocycles. The Kier molecular flexibility index (Phi) is 7.23. The summed E-state index contributed by atoms with van der Waals surface area (Å²) in [5.41, 5.74) is 4.29. The van der Waals surface area contributed by atoms with Gasteiger partial charge < -0.3 is 4.90 Å². The molecule has 2 aromatic carbocycles. The Balaban J connectivity index is 1.54. The first-order chi connectivity index (χ1) is 16.0. The van der Waals surface area contributed by atoms with Crippen LogP contribution in [0.15, 0.2) is 53.5 Å². The van der Waals surface area contributed by atoms with Crippen molar-refractivity contribution in [3.8, 4) is 0 Å². The minimum Gasteiger partial charge on any atom is -0.343 e. The summed E-state index contributed by atoms with van der Waals surface area (Å²) in [4.78, 5) is 37.1. The van der Waals surface area contributed by atoms with Crippen LogP contribution in [0.5, 0.6) is 0 Å². The number of nitrogens with zero attached hydrogens (tertiary/aromatic N) is 4. The third kappa shape index (κ3) is 4.86. The molecule has 1 fully saturated rings. The number of hydrogen-bond acceptors (Lipinski definition) is 4. The first kappa shape index (κ1) is 23.2. The van der Waals surface area contributed by atoms with Gasteiger partial charge >= 0.3 is 0 Å². The van der Waals surface area contributed by atoms with Crippen molar-refractivity contribution >= 4 is 28.9 Å². The first-order valence-corrected chi connectivity index (χ1v) is 12.2. The molecule has 174 valence electrons. The molecule has 2 aromatic rings. The molecule has 1 saturated heterocycles. The lowest BCUT2D eigenvalue weighted by Gasteiger charge is -2.36. The van der Waals surface area contributed by atoms with Crippen molar-refractivity contribution in [2.24, 2.45) is 10.9 Å². The fourth-order valence-electron chi connectivity index (χ4n) is 4.82. The molecule has 0 N–H and O–H groups in total. The van der Waals surface area contributed by atoms with Crippen LogP contribution in [0.4, 0.5) is 11.4 Å². The van der Waals surface area contributed by atoms with Crippen LogP contribution in [-0.2, 0) is 16.0 Å². The van der Waals surface area contributed by atoms with E-state index >= 15 is 0 Å². The number of aryl methyl sites for hydroxylation is 1. The molecule has 4 rings (SSSR count). The van der Waals surface area contributed by atoms with E-state index in [1.165, 1.54) is 5.56 Å². The zero-order chi connectivity index (χ0) is 23.4. The summed E-state index contributed by atoms with van der Waals surface area (Å²) in [5.74, 6) is 0.153. The average Bonchev–Trinajstić information content (AvgIpc) is 3.11. The summed E-state index contributed by atoms with van der Waals surface area (Å²) in [6.45, 7) is 9.70. The number of carbonyl (C=O) groups excluding carboxylic acids is 2. The number of amides is 2. The van der Waals surface area contributed by atoms with E-state index in [-0.39, 0.29) is 17.7 Å². The molecule has 6 nitrogen and oxygen atoms in total. The lowest BCUT2D eigenvalue weighted by Crippen LogP contribution is -2.49. The lowest BCUT2D eigenvalue weighted by atomic mass is 9.96. The van der Waals surface area contributed by atoms with E-state index in [0.29, 0.717) is 18.9 Å². The van der Waals surface area contributed by atoms with Gasteiger partial charge in [-0.1, -0.05) is 37.3 Å². The van der Waals surface area contributed by atoms with Gasteiger partial charge in [0, 0.05) is 25.2 Å². The van der Waals surface area contributed by atoms with Crippen LogP contribution in [0.2, 0.25) is 0 Å². The molecule has 2 aliphatic rings. The van der Waals surface area contributed by atoms with Crippen molar-refractivity contribution in [1.82, 2.24) is 9.80 Å². The van der Waals surface area contributed by atoms with Gasteiger partial charge in [0.25, 0.3) is 5.91 Å². The maximum absolute atomic E-state index is 13.5. The number of piperidine rings is 1. The van der Waals surface area contributed by atoms with Crippen molar-refractivity contribution in [3.05, 3.63) is 59.7 Å². The van der Waals surface area contributed by atoms with Gasteiger partial charge in [-0.2, -0.15) is 0 Å². The van der Waals surface area contributed by atoms with E-state index in [9.17, 15) is 9.59 Å². The zero-order valence-electron chi connectivity index (χ0n) is 20.0. The summed E-state index contributed by atoms with van der Waals surface area (Å²) >= 11 is 0. The Labute approximate surface area is 196 Å². The highest BCUT2D eigenvalue weighted by atomic mass is 16.2. The molecule has 1 atom stereocenters. The number of rotatable bonds is 7. The molecular formula is C27H34N4O2. The quantitative estimate of drug-likeness (QED) is 0.639. The fourth-order valence-corrected chi connectivity index (χ4v) is 4.82. The van der Waals surface area contributed by atoms with Gasteiger partial charge in [-0.25, -0.2) is 4.99 Å². The lowest BCUT2D eigenvalue weighted by molar-refractivity contribution is -0.136. The fraction of sp³-hybridized carbons (Fsp3) is 0.444. The summed E-state index contributed by atoms with van der Waals surface area (Å²) in [5, 5.41) is 0. The molecule has 0 aromatic heterocycles. The highest BCUT2D eigenvalue weighted by Gasteiger charge is 2.36. The van der Waals surface area contributed by atoms with E-state index < -0.39 is 0 Å². The molecular weight excluding hydrogens is 412 g/mol. The predicted octanol–water partition coefficient (Wildman–Crippen LogP) is 4.25. The molecule has 2 amide bonds. The number of anilines is 1. The first-order valence-electron chi connectivity index (χ1n) is 12.2. The summed E-state index contributed by atoms with van der Waals surface area (Å²) in [6, 6.07) is 15.9. The van der Waals surface area contributed by atoms with Crippen LogP contribution in [0.3, 0.4) is 0 Å². The van der Waals surface area contributed by atoms with Gasteiger partial charge in [0.1, 0.15) is 5.71 Å². The second-order valence-electron chi connectivity index (χ2n) is 8.80. The van der Waals surface area contributed by atoms with E-state index in [1.807, 2.05) is 60.0 Å². The highest BCUT2D eigenvalue weighted by molar-refractivity contribution is 6.54. The van der Waals surface area contributed by atoms with Gasteiger partial charge in [0.2, 0.25) is 5.91 Å². The van der Waals surface area contributed by atoms with E-state index in [1.54, 1.807) is 0 Å². The van der Waals surface area contributed by atoms with E-state index in [2.05, 4.69) is 24.0 Å². The molecule has 0 radical (unpaired) electrons. The van der Waals surface area contributed by atoms with Crippen LogP contribution < -0.4 is 4.90 Å². The zero-order valence-corrected chi connectivity index (χ0v) is 20.0. The molecule has 2 heterocycles. The largest absolute Gasteiger partial charge is 0.343 e. The Morgan fingerprint density at radius 2 is 1.79 bits per heavy atom. The molecule has 0 bridgehead atoms. The van der Waals surface area contributed by atoms with Crippen molar-refractivity contribution in [1.29, 1.82) is 0 Å². The minimum absolute atomic E-state index is 0.00295. The molecule has 0 aliphatic carbocycles. The average molecular weight is 447 g/mol. The van der Waals surface area contributed by atoms with Crippen molar-refractivity contribution in [2.45, 2.75) is 40.0 Å².